The number of fused-ring (bicyclic) bond motifs is 3. The van der Waals surface area contributed by atoms with Crippen molar-refractivity contribution in [2.75, 3.05) is 5.32 Å². The van der Waals surface area contributed by atoms with Gasteiger partial charge in [-0.2, -0.15) is 0 Å². The summed E-state index contributed by atoms with van der Waals surface area (Å²) in [6, 6.07) is 11.1. The Morgan fingerprint density at radius 1 is 1.10 bits per heavy atom. The third kappa shape index (κ3) is 1.94. The number of nitrogens with one attached hydrogen (secondary N) is 1. The first kappa shape index (κ1) is 13.3. The van der Waals surface area contributed by atoms with Crippen molar-refractivity contribution >= 4 is 5.69 Å². The first-order valence-corrected chi connectivity index (χ1v) is 7.77. The van der Waals surface area contributed by atoms with E-state index in [1.165, 1.54) is 48.3 Å². The third-order valence-corrected chi connectivity index (χ3v) is 4.38. The summed E-state index contributed by atoms with van der Waals surface area (Å²) in [5.74, 6) is 0. The molecular formula is C18H24N2. The number of hydrogen-bond donors (Lipinski definition) is 1. The lowest BCUT2D eigenvalue weighted by atomic mass is 9.83. The normalized spacial score (nSPS) is 15.3. The number of aromatic nitrogens is 1. The van der Waals surface area contributed by atoms with E-state index in [1.54, 1.807) is 0 Å². The molecule has 1 aliphatic rings. The first-order valence-electron chi connectivity index (χ1n) is 7.77. The van der Waals surface area contributed by atoms with Gasteiger partial charge in [0.15, 0.2) is 0 Å². The number of benzene rings is 1. The second-order valence-electron chi connectivity index (χ2n) is 5.99. The van der Waals surface area contributed by atoms with E-state index >= 15 is 0 Å². The molecule has 0 saturated heterocycles. The van der Waals surface area contributed by atoms with Gasteiger partial charge in [-0.3, -0.25) is 0 Å². The van der Waals surface area contributed by atoms with Crippen molar-refractivity contribution in [1.82, 2.24) is 4.57 Å². The lowest BCUT2D eigenvalue weighted by molar-refractivity contribution is 0.383. The summed E-state index contributed by atoms with van der Waals surface area (Å²) in [7, 11) is 0. The molecule has 2 heterocycles. The van der Waals surface area contributed by atoms with Crippen molar-refractivity contribution in [2.45, 2.75) is 52.0 Å². The van der Waals surface area contributed by atoms with Gasteiger partial charge in [-0.05, 0) is 49.6 Å². The predicted octanol–water partition coefficient (Wildman–Crippen LogP) is 5.01. The molecule has 1 aromatic carbocycles. The summed E-state index contributed by atoms with van der Waals surface area (Å²) in [4.78, 5) is 0. The van der Waals surface area contributed by atoms with E-state index in [0.29, 0.717) is 0 Å². The largest absolute Gasteiger partial charge is 0.372 e. The van der Waals surface area contributed by atoms with Gasteiger partial charge in [-0.25, -0.2) is 0 Å². The van der Waals surface area contributed by atoms with Crippen LogP contribution in [0.5, 0.6) is 0 Å². The Balaban J connectivity index is 2.17. The van der Waals surface area contributed by atoms with Gasteiger partial charge in [0, 0.05) is 11.9 Å². The zero-order valence-electron chi connectivity index (χ0n) is 12.7. The molecule has 3 rings (SSSR count). The lowest BCUT2D eigenvalue weighted by Gasteiger charge is -2.41. The van der Waals surface area contributed by atoms with Crippen LogP contribution < -0.4 is 5.32 Å². The zero-order chi connectivity index (χ0) is 14.2. The van der Waals surface area contributed by atoms with E-state index < -0.39 is 0 Å². The molecule has 0 fully saturated rings. The minimum atomic E-state index is 0.0911. The van der Waals surface area contributed by atoms with E-state index in [0.717, 1.165) is 0 Å². The van der Waals surface area contributed by atoms with E-state index in [1.807, 2.05) is 0 Å². The molecule has 0 amide bonds. The molecule has 106 valence electrons. The SMILES string of the molecule is CCCC1(CCC)Nc2cc(C)ccc2-n2cccc21. The summed E-state index contributed by atoms with van der Waals surface area (Å²) < 4.78 is 2.37. The van der Waals surface area contributed by atoms with Crippen LogP contribution in [0.15, 0.2) is 36.5 Å². The minimum Gasteiger partial charge on any atom is -0.372 e. The molecule has 0 bridgehead atoms. The topological polar surface area (TPSA) is 17.0 Å². The van der Waals surface area contributed by atoms with Crippen molar-refractivity contribution < 1.29 is 0 Å². The van der Waals surface area contributed by atoms with Gasteiger partial charge >= 0.3 is 0 Å². The summed E-state index contributed by atoms with van der Waals surface area (Å²) in [6.45, 7) is 6.71. The molecule has 1 N–H and O–H groups in total. The second kappa shape index (κ2) is 5.01. The molecule has 0 aliphatic carbocycles. The Bertz CT molecular complexity index is 604. The average Bonchev–Trinajstić information content (AvgIpc) is 2.89. The maximum atomic E-state index is 3.87. The number of anilines is 1. The molecule has 1 aliphatic heterocycles. The fourth-order valence-corrected chi connectivity index (χ4v) is 3.62. The van der Waals surface area contributed by atoms with Crippen LogP contribution in [-0.2, 0) is 5.54 Å². The molecule has 0 atom stereocenters. The average molecular weight is 268 g/mol. The van der Waals surface area contributed by atoms with Crippen LogP contribution in [0.4, 0.5) is 5.69 Å². The van der Waals surface area contributed by atoms with Crippen molar-refractivity contribution in [1.29, 1.82) is 0 Å². The molecule has 1 aromatic heterocycles. The molecule has 2 aromatic rings. The maximum Gasteiger partial charge on any atom is 0.0779 e. The highest BCUT2D eigenvalue weighted by molar-refractivity contribution is 5.68. The predicted molar refractivity (Wildman–Crippen MR) is 85.6 cm³/mol. The highest BCUT2D eigenvalue weighted by Gasteiger charge is 2.37. The number of nitrogens with zero attached hydrogens (tertiary/aromatic N) is 1. The Kier molecular flexibility index (Phi) is 3.33. The van der Waals surface area contributed by atoms with Gasteiger partial charge in [-0.15, -0.1) is 0 Å². The van der Waals surface area contributed by atoms with Gasteiger partial charge in [0.25, 0.3) is 0 Å². The minimum absolute atomic E-state index is 0.0911. The maximum absolute atomic E-state index is 3.87. The molecule has 0 radical (unpaired) electrons. The van der Waals surface area contributed by atoms with Crippen LogP contribution in [0.1, 0.15) is 50.8 Å². The molecule has 2 nitrogen and oxygen atoms in total. The van der Waals surface area contributed by atoms with Crippen molar-refractivity contribution in [3.63, 3.8) is 0 Å². The van der Waals surface area contributed by atoms with Crippen molar-refractivity contribution in [2.24, 2.45) is 0 Å². The highest BCUT2D eigenvalue weighted by Crippen LogP contribution is 2.43. The number of rotatable bonds is 4. The Hall–Kier alpha value is -1.70. The standard InChI is InChI=1S/C18H24N2/c1-4-10-18(11-5-2)17-7-6-12-20(17)16-9-8-14(3)13-15(16)19-18/h6-9,12-13,19H,4-5,10-11H2,1-3H3. The lowest BCUT2D eigenvalue weighted by Crippen LogP contribution is -2.40. The molecule has 0 spiro atoms. The van der Waals surface area contributed by atoms with E-state index in [4.69, 9.17) is 0 Å². The number of aryl methyl sites for hydroxylation is 1. The van der Waals surface area contributed by atoms with E-state index in [-0.39, 0.29) is 5.54 Å². The third-order valence-electron chi connectivity index (χ3n) is 4.38. The van der Waals surface area contributed by atoms with Gasteiger partial charge in [-0.1, -0.05) is 32.8 Å². The van der Waals surface area contributed by atoms with E-state index in [9.17, 15) is 0 Å². The quantitative estimate of drug-likeness (QED) is 0.825. The summed E-state index contributed by atoms with van der Waals surface area (Å²) in [5.41, 5.74) is 5.37. The van der Waals surface area contributed by atoms with Gasteiger partial charge in [0.05, 0.1) is 16.9 Å². The summed E-state index contributed by atoms with van der Waals surface area (Å²) >= 11 is 0. The van der Waals surface area contributed by atoms with Crippen LogP contribution >= 0.6 is 0 Å². The van der Waals surface area contributed by atoms with Crippen LogP contribution in [-0.4, -0.2) is 4.57 Å². The smallest absolute Gasteiger partial charge is 0.0779 e. The zero-order valence-corrected chi connectivity index (χ0v) is 12.7. The van der Waals surface area contributed by atoms with Gasteiger partial charge in [0.1, 0.15) is 0 Å². The number of hydrogen-bond acceptors (Lipinski definition) is 1. The van der Waals surface area contributed by atoms with Crippen LogP contribution in [0.2, 0.25) is 0 Å². The first-order chi connectivity index (χ1) is 9.70. The van der Waals surface area contributed by atoms with Crippen LogP contribution in [0.3, 0.4) is 0 Å². The monoisotopic (exact) mass is 268 g/mol. The Morgan fingerprint density at radius 2 is 1.85 bits per heavy atom. The fraction of sp³-hybridized carbons (Fsp3) is 0.444. The van der Waals surface area contributed by atoms with Crippen molar-refractivity contribution in [3.05, 3.63) is 47.8 Å². The molecular weight excluding hydrogens is 244 g/mol. The second-order valence-corrected chi connectivity index (χ2v) is 5.99. The van der Waals surface area contributed by atoms with Crippen molar-refractivity contribution in [3.8, 4) is 5.69 Å². The molecule has 0 unspecified atom stereocenters. The summed E-state index contributed by atoms with van der Waals surface area (Å²) in [5, 5.41) is 3.87. The highest BCUT2D eigenvalue weighted by atomic mass is 15.1. The molecule has 0 saturated carbocycles. The van der Waals surface area contributed by atoms with Gasteiger partial charge in [0.2, 0.25) is 0 Å². The fourth-order valence-electron chi connectivity index (χ4n) is 3.62. The van der Waals surface area contributed by atoms with Crippen LogP contribution in [0, 0.1) is 6.92 Å². The molecule has 20 heavy (non-hydrogen) atoms. The van der Waals surface area contributed by atoms with Gasteiger partial charge < -0.3 is 9.88 Å². The Morgan fingerprint density at radius 3 is 2.55 bits per heavy atom. The van der Waals surface area contributed by atoms with E-state index in [2.05, 4.69) is 67.2 Å². The summed E-state index contributed by atoms with van der Waals surface area (Å²) in [6.07, 6.45) is 6.94. The van der Waals surface area contributed by atoms with Crippen LogP contribution in [0.25, 0.3) is 5.69 Å². The molecule has 2 heteroatoms. The Labute approximate surface area is 121 Å².